The summed E-state index contributed by atoms with van der Waals surface area (Å²) in [4.78, 5) is 8.86. The predicted octanol–water partition coefficient (Wildman–Crippen LogP) is 1.48. The molecule has 2 N–H and O–H groups in total. The number of aryl methyl sites for hydroxylation is 1. The first-order valence-corrected chi connectivity index (χ1v) is 5.14. The molecule has 14 heavy (non-hydrogen) atoms. The van der Waals surface area contributed by atoms with Crippen LogP contribution in [-0.2, 0) is 16.8 Å². The maximum absolute atomic E-state index is 6.06. The summed E-state index contributed by atoms with van der Waals surface area (Å²) in [6.45, 7) is 3.47. The first kappa shape index (κ1) is 9.96. The summed E-state index contributed by atoms with van der Waals surface area (Å²) < 4.78 is 2.06. The van der Waals surface area contributed by atoms with Crippen LogP contribution < -0.4 is 5.90 Å². The second kappa shape index (κ2) is 3.53. The summed E-state index contributed by atoms with van der Waals surface area (Å²) >= 11 is 6.06. The van der Waals surface area contributed by atoms with Crippen LogP contribution in [0.25, 0.3) is 0 Å². The van der Waals surface area contributed by atoms with Crippen LogP contribution in [0.15, 0.2) is 6.33 Å². The molecular weight excluding hydrogens is 202 g/mol. The van der Waals surface area contributed by atoms with E-state index in [1.165, 1.54) is 0 Å². The number of halogens is 1. The third-order valence-electron chi connectivity index (χ3n) is 2.85. The lowest BCUT2D eigenvalue weighted by Crippen LogP contribution is -2.21. The number of aromatic nitrogens is 2. The van der Waals surface area contributed by atoms with Gasteiger partial charge in [0.2, 0.25) is 0 Å². The van der Waals surface area contributed by atoms with E-state index in [-0.39, 0.29) is 5.41 Å². The molecule has 78 valence electrons. The second-order valence-electron chi connectivity index (χ2n) is 3.76. The van der Waals surface area contributed by atoms with Gasteiger partial charge in [-0.2, -0.15) is 0 Å². The molecule has 1 aliphatic rings. The minimum Gasteiger partial charge on any atom is -0.333 e. The minimum absolute atomic E-state index is 0.0261. The quantitative estimate of drug-likeness (QED) is 0.775. The van der Waals surface area contributed by atoms with Crippen LogP contribution in [0.3, 0.4) is 0 Å². The Bertz CT molecular complexity index is 333. The lowest BCUT2D eigenvalue weighted by molar-refractivity contribution is 0.114. The fraction of sp³-hybridized carbons (Fsp3) is 0.667. The molecule has 0 radical (unpaired) electrons. The molecule has 0 unspecified atom stereocenters. The van der Waals surface area contributed by atoms with Gasteiger partial charge in [-0.15, -0.1) is 0 Å². The van der Waals surface area contributed by atoms with Crippen molar-refractivity contribution in [3.05, 3.63) is 17.2 Å². The fourth-order valence-electron chi connectivity index (χ4n) is 1.88. The van der Waals surface area contributed by atoms with Crippen LogP contribution >= 0.6 is 11.6 Å². The van der Waals surface area contributed by atoms with Gasteiger partial charge in [0.25, 0.3) is 0 Å². The number of nitrogens with two attached hydrogens (primary N) is 1. The standard InChI is InChI=1S/C9H14ClN3O/c1-2-13-6-12-8(10)7(13)9(3-4-9)5-14-11/h6H,2-5,11H2,1H3. The van der Waals surface area contributed by atoms with Crippen LogP contribution in [-0.4, -0.2) is 16.2 Å². The van der Waals surface area contributed by atoms with Gasteiger partial charge in [-0.1, -0.05) is 11.6 Å². The van der Waals surface area contributed by atoms with E-state index in [2.05, 4.69) is 16.5 Å². The normalized spacial score (nSPS) is 18.5. The molecule has 5 heteroatoms. The lowest BCUT2D eigenvalue weighted by atomic mass is 10.0. The molecule has 0 spiro atoms. The molecule has 1 aliphatic carbocycles. The Labute approximate surface area is 88.0 Å². The van der Waals surface area contributed by atoms with Crippen molar-refractivity contribution in [1.82, 2.24) is 9.55 Å². The fourth-order valence-corrected chi connectivity index (χ4v) is 2.23. The van der Waals surface area contributed by atoms with Gasteiger partial charge in [0, 0.05) is 12.0 Å². The van der Waals surface area contributed by atoms with Gasteiger partial charge in [-0.25, -0.2) is 10.9 Å². The topological polar surface area (TPSA) is 53.1 Å². The Morgan fingerprint density at radius 3 is 2.93 bits per heavy atom. The minimum atomic E-state index is 0.0261. The highest BCUT2D eigenvalue weighted by atomic mass is 35.5. The molecule has 0 bridgehead atoms. The van der Waals surface area contributed by atoms with Gasteiger partial charge in [0.1, 0.15) is 0 Å². The molecule has 4 nitrogen and oxygen atoms in total. The van der Waals surface area contributed by atoms with E-state index in [1.807, 2.05) is 0 Å². The number of hydrogen-bond acceptors (Lipinski definition) is 3. The van der Waals surface area contributed by atoms with E-state index in [0.29, 0.717) is 11.8 Å². The highest BCUT2D eigenvalue weighted by Crippen LogP contribution is 2.50. The third kappa shape index (κ3) is 1.43. The Balaban J connectivity index is 2.34. The van der Waals surface area contributed by atoms with E-state index < -0.39 is 0 Å². The molecule has 0 aliphatic heterocycles. The molecular formula is C9H14ClN3O. The zero-order valence-electron chi connectivity index (χ0n) is 8.16. The van der Waals surface area contributed by atoms with Gasteiger partial charge in [0.15, 0.2) is 5.15 Å². The maximum atomic E-state index is 6.06. The SMILES string of the molecule is CCn1cnc(Cl)c1C1(CON)CC1. The summed E-state index contributed by atoms with van der Waals surface area (Å²) in [6.07, 6.45) is 3.93. The zero-order valence-corrected chi connectivity index (χ0v) is 8.92. The van der Waals surface area contributed by atoms with E-state index in [4.69, 9.17) is 22.3 Å². The van der Waals surface area contributed by atoms with E-state index in [1.54, 1.807) is 6.33 Å². The maximum Gasteiger partial charge on any atom is 0.150 e. The van der Waals surface area contributed by atoms with Crippen molar-refractivity contribution in [1.29, 1.82) is 0 Å². The van der Waals surface area contributed by atoms with Gasteiger partial charge >= 0.3 is 0 Å². The Hall–Kier alpha value is -0.580. The van der Waals surface area contributed by atoms with Crippen LogP contribution in [0.1, 0.15) is 25.5 Å². The average Bonchev–Trinajstić information content (AvgIpc) is 2.83. The molecule has 1 aromatic heterocycles. The van der Waals surface area contributed by atoms with Crippen molar-refractivity contribution in [2.45, 2.75) is 31.7 Å². The largest absolute Gasteiger partial charge is 0.333 e. The highest BCUT2D eigenvalue weighted by molar-refractivity contribution is 6.30. The molecule has 1 fully saturated rings. The van der Waals surface area contributed by atoms with Crippen molar-refractivity contribution in [3.8, 4) is 0 Å². The van der Waals surface area contributed by atoms with Gasteiger partial charge in [-0.05, 0) is 19.8 Å². The van der Waals surface area contributed by atoms with Crippen molar-refractivity contribution >= 4 is 11.6 Å². The first-order chi connectivity index (χ1) is 6.73. The van der Waals surface area contributed by atoms with Gasteiger partial charge in [-0.3, -0.25) is 0 Å². The van der Waals surface area contributed by atoms with Crippen molar-refractivity contribution in [3.63, 3.8) is 0 Å². The Morgan fingerprint density at radius 2 is 2.43 bits per heavy atom. The van der Waals surface area contributed by atoms with Crippen molar-refractivity contribution in [2.75, 3.05) is 6.61 Å². The molecule has 0 saturated heterocycles. The Kier molecular flexibility index (Phi) is 2.51. The smallest absolute Gasteiger partial charge is 0.150 e. The summed E-state index contributed by atoms with van der Waals surface area (Å²) in [5.74, 6) is 5.13. The lowest BCUT2D eigenvalue weighted by Gasteiger charge is -2.15. The van der Waals surface area contributed by atoms with E-state index in [9.17, 15) is 0 Å². The van der Waals surface area contributed by atoms with Crippen LogP contribution in [0, 0.1) is 0 Å². The summed E-state index contributed by atoms with van der Waals surface area (Å²) in [5.41, 5.74) is 1.10. The number of nitrogens with zero attached hydrogens (tertiary/aromatic N) is 2. The highest BCUT2D eigenvalue weighted by Gasteiger charge is 2.48. The molecule has 0 amide bonds. The Morgan fingerprint density at radius 1 is 1.71 bits per heavy atom. The van der Waals surface area contributed by atoms with Crippen LogP contribution in [0.5, 0.6) is 0 Å². The second-order valence-corrected chi connectivity index (χ2v) is 4.12. The third-order valence-corrected chi connectivity index (χ3v) is 3.13. The molecule has 1 aromatic rings. The molecule has 2 rings (SSSR count). The summed E-state index contributed by atoms with van der Waals surface area (Å²) in [7, 11) is 0. The summed E-state index contributed by atoms with van der Waals surface area (Å²) in [5, 5.41) is 0.585. The van der Waals surface area contributed by atoms with E-state index in [0.717, 1.165) is 25.1 Å². The van der Waals surface area contributed by atoms with Gasteiger partial charge < -0.3 is 9.40 Å². The predicted molar refractivity (Wildman–Crippen MR) is 54.0 cm³/mol. The van der Waals surface area contributed by atoms with Crippen molar-refractivity contribution in [2.24, 2.45) is 5.90 Å². The first-order valence-electron chi connectivity index (χ1n) is 4.76. The van der Waals surface area contributed by atoms with Crippen LogP contribution in [0.4, 0.5) is 0 Å². The zero-order chi connectivity index (χ0) is 10.2. The number of imidazole rings is 1. The monoisotopic (exact) mass is 215 g/mol. The molecule has 1 saturated carbocycles. The van der Waals surface area contributed by atoms with Crippen LogP contribution in [0.2, 0.25) is 5.15 Å². The molecule has 0 aromatic carbocycles. The summed E-state index contributed by atoms with van der Waals surface area (Å²) in [6, 6.07) is 0. The average molecular weight is 216 g/mol. The molecule has 0 atom stereocenters. The van der Waals surface area contributed by atoms with Gasteiger partial charge in [0.05, 0.1) is 18.6 Å². The number of rotatable bonds is 4. The molecule has 1 heterocycles. The number of hydrogen-bond donors (Lipinski definition) is 1. The van der Waals surface area contributed by atoms with Crippen molar-refractivity contribution < 1.29 is 4.84 Å². The van der Waals surface area contributed by atoms with E-state index >= 15 is 0 Å².